The fourth-order valence-corrected chi connectivity index (χ4v) is 3.14. The van der Waals surface area contributed by atoms with Crippen LogP contribution in [0.5, 0.6) is 0 Å². The van der Waals surface area contributed by atoms with Crippen molar-refractivity contribution in [3.8, 4) is 0 Å². The average Bonchev–Trinajstić information content (AvgIpc) is 2.72. The van der Waals surface area contributed by atoms with E-state index in [1.807, 2.05) is 37.3 Å². The van der Waals surface area contributed by atoms with E-state index in [0.29, 0.717) is 52.0 Å². The lowest BCUT2D eigenvalue weighted by Crippen LogP contribution is -2.35. The summed E-state index contributed by atoms with van der Waals surface area (Å²) in [4.78, 5) is 25.4. The molecule has 0 saturated carbocycles. The number of aliphatic hydroxyl groups is 1. The van der Waals surface area contributed by atoms with Gasteiger partial charge >= 0.3 is 0 Å². The SMILES string of the molecule is CCC(Cc1ccccc1)C(=O)CC(CCCN)C(=O)NCCOCCCO. The molecule has 1 rings (SSSR count). The van der Waals surface area contributed by atoms with Crippen LogP contribution in [0.4, 0.5) is 0 Å². The van der Waals surface area contributed by atoms with E-state index in [-0.39, 0.29) is 36.6 Å². The van der Waals surface area contributed by atoms with Crippen molar-refractivity contribution in [1.82, 2.24) is 5.32 Å². The summed E-state index contributed by atoms with van der Waals surface area (Å²) in [5, 5.41) is 11.6. The van der Waals surface area contributed by atoms with Gasteiger partial charge in [-0.15, -0.1) is 0 Å². The highest BCUT2D eigenvalue weighted by atomic mass is 16.5. The maximum absolute atomic E-state index is 12.8. The summed E-state index contributed by atoms with van der Waals surface area (Å²) in [6.07, 6.45) is 3.64. The molecule has 0 aliphatic carbocycles. The molecule has 0 fully saturated rings. The van der Waals surface area contributed by atoms with Crippen molar-refractivity contribution in [3.05, 3.63) is 35.9 Å². The van der Waals surface area contributed by atoms with E-state index < -0.39 is 0 Å². The highest BCUT2D eigenvalue weighted by molar-refractivity contribution is 5.88. The number of ether oxygens (including phenoxy) is 1. The number of carbonyl (C=O) groups is 2. The molecular formula is C22H36N2O4. The van der Waals surface area contributed by atoms with E-state index in [4.69, 9.17) is 15.6 Å². The van der Waals surface area contributed by atoms with Gasteiger partial charge in [0, 0.05) is 38.0 Å². The van der Waals surface area contributed by atoms with Gasteiger partial charge in [0.2, 0.25) is 5.91 Å². The molecule has 0 spiro atoms. The lowest BCUT2D eigenvalue weighted by molar-refractivity contribution is -0.131. The molecule has 0 heterocycles. The van der Waals surface area contributed by atoms with Crippen LogP contribution < -0.4 is 11.1 Å². The Morgan fingerprint density at radius 1 is 1.14 bits per heavy atom. The van der Waals surface area contributed by atoms with E-state index in [0.717, 1.165) is 12.0 Å². The fourth-order valence-electron chi connectivity index (χ4n) is 3.14. The van der Waals surface area contributed by atoms with Crippen LogP contribution in [0.2, 0.25) is 0 Å². The molecular weight excluding hydrogens is 356 g/mol. The Balaban J connectivity index is 2.54. The lowest BCUT2D eigenvalue weighted by atomic mass is 9.86. The van der Waals surface area contributed by atoms with Crippen molar-refractivity contribution in [2.75, 3.05) is 32.9 Å². The highest BCUT2D eigenvalue weighted by Crippen LogP contribution is 2.20. The first-order valence-corrected chi connectivity index (χ1v) is 10.3. The summed E-state index contributed by atoms with van der Waals surface area (Å²) >= 11 is 0. The molecule has 0 aliphatic rings. The number of Topliss-reactive ketones (excluding diaryl/α,β-unsaturated/α-hetero) is 1. The molecule has 0 aromatic heterocycles. The van der Waals surface area contributed by atoms with E-state index in [9.17, 15) is 9.59 Å². The molecule has 0 bridgehead atoms. The first kappa shape index (κ1) is 24.3. The number of benzene rings is 1. The number of nitrogens with two attached hydrogens (primary N) is 1. The van der Waals surface area contributed by atoms with Gasteiger partial charge in [-0.3, -0.25) is 9.59 Å². The van der Waals surface area contributed by atoms with Crippen molar-refractivity contribution >= 4 is 11.7 Å². The topological polar surface area (TPSA) is 102 Å². The minimum absolute atomic E-state index is 0.0719. The molecule has 1 aromatic rings. The molecule has 0 saturated heterocycles. The maximum Gasteiger partial charge on any atom is 0.223 e. The zero-order valence-corrected chi connectivity index (χ0v) is 17.1. The van der Waals surface area contributed by atoms with Crippen molar-refractivity contribution in [3.63, 3.8) is 0 Å². The first-order chi connectivity index (χ1) is 13.6. The molecule has 2 unspecified atom stereocenters. The van der Waals surface area contributed by atoms with Gasteiger partial charge in [0.1, 0.15) is 5.78 Å². The molecule has 1 amide bonds. The largest absolute Gasteiger partial charge is 0.396 e. The first-order valence-electron chi connectivity index (χ1n) is 10.3. The third-order valence-corrected chi connectivity index (χ3v) is 4.84. The Hall–Kier alpha value is -1.76. The lowest BCUT2D eigenvalue weighted by Gasteiger charge is -2.20. The van der Waals surface area contributed by atoms with E-state index in [1.165, 1.54) is 0 Å². The summed E-state index contributed by atoms with van der Waals surface area (Å²) in [6.45, 7) is 3.89. The molecule has 28 heavy (non-hydrogen) atoms. The molecule has 2 atom stereocenters. The van der Waals surface area contributed by atoms with Crippen LogP contribution in [0, 0.1) is 11.8 Å². The molecule has 6 nitrogen and oxygen atoms in total. The summed E-state index contributed by atoms with van der Waals surface area (Å²) < 4.78 is 5.33. The summed E-state index contributed by atoms with van der Waals surface area (Å²) in [7, 11) is 0. The predicted molar refractivity (Wildman–Crippen MR) is 111 cm³/mol. The zero-order chi connectivity index (χ0) is 20.6. The summed E-state index contributed by atoms with van der Waals surface area (Å²) in [6, 6.07) is 9.99. The Kier molecular flexibility index (Phi) is 13.2. The number of ketones is 1. The molecule has 158 valence electrons. The minimum atomic E-state index is -0.349. The van der Waals surface area contributed by atoms with Crippen molar-refractivity contribution in [2.45, 2.75) is 45.4 Å². The Labute approximate surface area is 168 Å². The van der Waals surface area contributed by atoms with Gasteiger partial charge in [0.15, 0.2) is 0 Å². The van der Waals surface area contributed by atoms with Crippen molar-refractivity contribution < 1.29 is 19.4 Å². The molecule has 1 aromatic carbocycles. The number of amides is 1. The van der Waals surface area contributed by atoms with E-state index in [1.54, 1.807) is 0 Å². The van der Waals surface area contributed by atoms with Crippen LogP contribution in [0.25, 0.3) is 0 Å². The number of hydrogen-bond donors (Lipinski definition) is 3. The number of carbonyl (C=O) groups excluding carboxylic acids is 2. The Bertz CT molecular complexity index is 551. The van der Waals surface area contributed by atoms with E-state index in [2.05, 4.69) is 5.32 Å². The molecule has 0 radical (unpaired) electrons. The van der Waals surface area contributed by atoms with Gasteiger partial charge in [-0.05, 0) is 44.2 Å². The van der Waals surface area contributed by atoms with Crippen LogP contribution in [0.3, 0.4) is 0 Å². The van der Waals surface area contributed by atoms with Crippen LogP contribution >= 0.6 is 0 Å². The quantitative estimate of drug-likeness (QED) is 0.374. The monoisotopic (exact) mass is 392 g/mol. The van der Waals surface area contributed by atoms with Gasteiger partial charge in [-0.1, -0.05) is 37.3 Å². The zero-order valence-electron chi connectivity index (χ0n) is 17.1. The predicted octanol–water partition coefficient (Wildman–Crippen LogP) is 2.08. The molecule has 6 heteroatoms. The standard InChI is InChI=1S/C22H36N2O4/c1-2-19(16-18-8-4-3-5-9-18)21(26)17-20(10-6-11-23)22(27)24-12-15-28-14-7-13-25/h3-5,8-9,19-20,25H,2,6-7,10-17,23H2,1H3,(H,24,27). The van der Waals surface area contributed by atoms with Gasteiger partial charge in [0.25, 0.3) is 0 Å². The third kappa shape index (κ3) is 9.97. The van der Waals surface area contributed by atoms with Crippen molar-refractivity contribution in [1.29, 1.82) is 0 Å². The minimum Gasteiger partial charge on any atom is -0.396 e. The highest BCUT2D eigenvalue weighted by Gasteiger charge is 2.25. The van der Waals surface area contributed by atoms with E-state index >= 15 is 0 Å². The second kappa shape index (κ2) is 15.2. The average molecular weight is 393 g/mol. The second-order valence-corrected chi connectivity index (χ2v) is 7.07. The number of hydrogen-bond acceptors (Lipinski definition) is 5. The third-order valence-electron chi connectivity index (χ3n) is 4.84. The summed E-state index contributed by atoms with van der Waals surface area (Å²) in [5.41, 5.74) is 6.75. The van der Waals surface area contributed by atoms with Gasteiger partial charge in [-0.25, -0.2) is 0 Å². The van der Waals surface area contributed by atoms with Crippen molar-refractivity contribution in [2.24, 2.45) is 17.6 Å². The summed E-state index contributed by atoms with van der Waals surface area (Å²) in [5.74, 6) is -0.388. The van der Waals surface area contributed by atoms with Crippen LogP contribution in [-0.2, 0) is 20.7 Å². The van der Waals surface area contributed by atoms with Crippen LogP contribution in [0.1, 0.15) is 44.6 Å². The van der Waals surface area contributed by atoms with Crippen LogP contribution in [0.15, 0.2) is 30.3 Å². The smallest absolute Gasteiger partial charge is 0.223 e. The number of rotatable bonds is 16. The van der Waals surface area contributed by atoms with Gasteiger partial charge in [-0.2, -0.15) is 0 Å². The fraction of sp³-hybridized carbons (Fsp3) is 0.636. The Morgan fingerprint density at radius 2 is 1.89 bits per heavy atom. The van der Waals surface area contributed by atoms with Gasteiger partial charge in [0.05, 0.1) is 6.61 Å². The normalized spacial score (nSPS) is 13.1. The second-order valence-electron chi connectivity index (χ2n) is 7.07. The molecule has 4 N–H and O–H groups in total. The number of nitrogens with one attached hydrogen (secondary N) is 1. The van der Waals surface area contributed by atoms with Crippen LogP contribution in [-0.4, -0.2) is 49.7 Å². The Morgan fingerprint density at radius 3 is 2.54 bits per heavy atom. The molecule has 0 aliphatic heterocycles. The van der Waals surface area contributed by atoms with Gasteiger partial charge < -0.3 is 20.9 Å². The number of aliphatic hydroxyl groups excluding tert-OH is 1. The maximum atomic E-state index is 12.8.